The van der Waals surface area contributed by atoms with E-state index in [2.05, 4.69) is 15.5 Å². The lowest BCUT2D eigenvalue weighted by atomic mass is 9.92. The van der Waals surface area contributed by atoms with Crippen LogP contribution < -0.4 is 5.32 Å². The predicted molar refractivity (Wildman–Crippen MR) is 72.4 cm³/mol. The predicted octanol–water partition coefficient (Wildman–Crippen LogP) is 1.61. The number of hydrogen-bond donors (Lipinski definition) is 2. The van der Waals surface area contributed by atoms with E-state index in [-0.39, 0.29) is 12.3 Å². The van der Waals surface area contributed by atoms with Gasteiger partial charge in [-0.05, 0) is 32.8 Å². The van der Waals surface area contributed by atoms with Gasteiger partial charge < -0.3 is 10.4 Å². The highest BCUT2D eigenvalue weighted by molar-refractivity contribution is 5.96. The number of nitrogens with one attached hydrogen (secondary N) is 1. The van der Waals surface area contributed by atoms with Gasteiger partial charge in [0.05, 0.1) is 28.9 Å². The van der Waals surface area contributed by atoms with Gasteiger partial charge in [-0.2, -0.15) is 10.2 Å². The maximum atomic E-state index is 12.4. The molecular weight excluding hydrogens is 258 g/mol. The largest absolute Gasteiger partial charge is 0.481 e. The van der Waals surface area contributed by atoms with Crippen molar-refractivity contribution in [1.29, 1.82) is 0 Å². The maximum Gasteiger partial charge on any atom is 0.305 e. The molecule has 2 N–H and O–H groups in total. The number of amides is 1. The monoisotopic (exact) mass is 277 g/mol. The minimum atomic E-state index is -0.882. The smallest absolute Gasteiger partial charge is 0.305 e. The van der Waals surface area contributed by atoms with E-state index in [1.165, 1.54) is 0 Å². The second-order valence-electron chi connectivity index (χ2n) is 5.50. The molecule has 0 unspecified atom stereocenters. The number of aromatic nitrogens is 2. The number of carbonyl (C=O) groups excluding carboxylic acids is 1. The number of aliphatic carboxylic acids is 1. The molecule has 1 aromatic heterocycles. The van der Waals surface area contributed by atoms with Crippen LogP contribution in [0.5, 0.6) is 0 Å². The van der Waals surface area contributed by atoms with Crippen LogP contribution in [0.25, 0.3) is 0 Å². The molecule has 1 aliphatic rings. The molecule has 1 aliphatic carbocycles. The van der Waals surface area contributed by atoms with Gasteiger partial charge in [0, 0.05) is 0 Å². The molecular formula is C14H19N3O3. The summed E-state index contributed by atoms with van der Waals surface area (Å²) in [6.45, 7) is 3.49. The summed E-state index contributed by atoms with van der Waals surface area (Å²) < 4.78 is 0. The molecule has 1 amide bonds. The SMILES string of the molecule is Cc1cc(C(=O)NC2(CC(=O)O)CCCC2)c(C)nn1. The van der Waals surface area contributed by atoms with Crippen molar-refractivity contribution in [2.45, 2.75) is 51.5 Å². The van der Waals surface area contributed by atoms with Crippen molar-refractivity contribution in [3.05, 3.63) is 23.0 Å². The second-order valence-corrected chi connectivity index (χ2v) is 5.50. The molecule has 1 aromatic rings. The molecule has 0 radical (unpaired) electrons. The highest BCUT2D eigenvalue weighted by Crippen LogP contribution is 2.33. The second kappa shape index (κ2) is 5.56. The minimum absolute atomic E-state index is 0.0325. The molecule has 1 fully saturated rings. The lowest BCUT2D eigenvalue weighted by Gasteiger charge is -2.28. The van der Waals surface area contributed by atoms with E-state index >= 15 is 0 Å². The summed E-state index contributed by atoms with van der Waals surface area (Å²) in [5.41, 5.74) is 1.07. The summed E-state index contributed by atoms with van der Waals surface area (Å²) in [7, 11) is 0. The first-order chi connectivity index (χ1) is 9.42. The third-order valence-electron chi connectivity index (χ3n) is 3.77. The third kappa shape index (κ3) is 3.12. The number of carboxylic acid groups (broad SMARTS) is 1. The fourth-order valence-corrected chi connectivity index (χ4v) is 2.78. The number of nitrogens with zero attached hydrogens (tertiary/aromatic N) is 2. The molecule has 0 bridgehead atoms. The maximum absolute atomic E-state index is 12.4. The molecule has 20 heavy (non-hydrogen) atoms. The Morgan fingerprint density at radius 1 is 1.30 bits per heavy atom. The number of carboxylic acids is 1. The van der Waals surface area contributed by atoms with Crippen LogP contribution >= 0.6 is 0 Å². The highest BCUT2D eigenvalue weighted by atomic mass is 16.4. The molecule has 1 heterocycles. The van der Waals surface area contributed by atoms with Crippen molar-refractivity contribution >= 4 is 11.9 Å². The van der Waals surface area contributed by atoms with Crippen LogP contribution in [0.15, 0.2) is 6.07 Å². The van der Waals surface area contributed by atoms with E-state index in [9.17, 15) is 9.59 Å². The first-order valence-electron chi connectivity index (χ1n) is 6.77. The van der Waals surface area contributed by atoms with Crippen LogP contribution in [0.4, 0.5) is 0 Å². The van der Waals surface area contributed by atoms with Crippen molar-refractivity contribution < 1.29 is 14.7 Å². The Kier molecular flexibility index (Phi) is 4.01. The summed E-state index contributed by atoms with van der Waals surface area (Å²) in [5, 5.41) is 19.8. The van der Waals surface area contributed by atoms with Crippen molar-refractivity contribution in [3.63, 3.8) is 0 Å². The topological polar surface area (TPSA) is 92.2 Å². The molecule has 6 heteroatoms. The van der Waals surface area contributed by atoms with Gasteiger partial charge in [-0.3, -0.25) is 9.59 Å². The normalized spacial score (nSPS) is 16.9. The Labute approximate surface area is 117 Å². The van der Waals surface area contributed by atoms with Crippen LogP contribution in [0.3, 0.4) is 0 Å². The fourth-order valence-electron chi connectivity index (χ4n) is 2.78. The van der Waals surface area contributed by atoms with Crippen molar-refractivity contribution in [3.8, 4) is 0 Å². The molecule has 0 aliphatic heterocycles. The number of rotatable bonds is 4. The molecule has 0 saturated heterocycles. The number of hydrogen-bond acceptors (Lipinski definition) is 4. The lowest BCUT2D eigenvalue weighted by Crippen LogP contribution is -2.48. The summed E-state index contributed by atoms with van der Waals surface area (Å²) in [4.78, 5) is 23.4. The van der Waals surface area contributed by atoms with E-state index in [1.54, 1.807) is 19.9 Å². The molecule has 1 saturated carbocycles. The Hall–Kier alpha value is -1.98. The van der Waals surface area contributed by atoms with Gasteiger partial charge >= 0.3 is 5.97 Å². The average Bonchev–Trinajstić information content (AvgIpc) is 2.79. The van der Waals surface area contributed by atoms with Gasteiger partial charge in [-0.1, -0.05) is 12.8 Å². The Morgan fingerprint density at radius 3 is 2.55 bits per heavy atom. The fraction of sp³-hybridized carbons (Fsp3) is 0.571. The van der Waals surface area contributed by atoms with Crippen molar-refractivity contribution in [2.75, 3.05) is 0 Å². The van der Waals surface area contributed by atoms with Gasteiger partial charge in [-0.15, -0.1) is 0 Å². The average molecular weight is 277 g/mol. The zero-order valence-electron chi connectivity index (χ0n) is 11.8. The van der Waals surface area contributed by atoms with Crippen molar-refractivity contribution in [1.82, 2.24) is 15.5 Å². The van der Waals surface area contributed by atoms with Crippen LogP contribution in [-0.4, -0.2) is 32.7 Å². The summed E-state index contributed by atoms with van der Waals surface area (Å²) >= 11 is 0. The summed E-state index contributed by atoms with van der Waals surface area (Å²) in [6.07, 6.45) is 3.28. The van der Waals surface area contributed by atoms with Gasteiger partial charge in [0.15, 0.2) is 0 Å². The summed E-state index contributed by atoms with van der Waals surface area (Å²) in [5.74, 6) is -1.14. The Bertz CT molecular complexity index is 536. The van der Waals surface area contributed by atoms with Crippen molar-refractivity contribution in [2.24, 2.45) is 0 Å². The van der Waals surface area contributed by atoms with E-state index in [1.807, 2.05) is 0 Å². The highest BCUT2D eigenvalue weighted by Gasteiger charge is 2.37. The van der Waals surface area contributed by atoms with Gasteiger partial charge in [0.25, 0.3) is 5.91 Å². The van der Waals surface area contributed by atoms with Gasteiger partial charge in [0.2, 0.25) is 0 Å². The zero-order chi connectivity index (χ0) is 14.8. The van der Waals surface area contributed by atoms with Gasteiger partial charge in [-0.25, -0.2) is 0 Å². The molecule has 108 valence electrons. The standard InChI is InChI=1S/C14H19N3O3/c1-9-7-11(10(2)17-16-9)13(20)15-14(8-12(18)19)5-3-4-6-14/h7H,3-6,8H2,1-2H3,(H,15,20)(H,18,19). The minimum Gasteiger partial charge on any atom is -0.481 e. The quantitative estimate of drug-likeness (QED) is 0.872. The Morgan fingerprint density at radius 2 is 1.95 bits per heavy atom. The molecule has 0 atom stereocenters. The zero-order valence-corrected chi connectivity index (χ0v) is 11.8. The van der Waals surface area contributed by atoms with Crippen LogP contribution in [0.1, 0.15) is 53.8 Å². The first kappa shape index (κ1) is 14.4. The van der Waals surface area contributed by atoms with E-state index in [0.717, 1.165) is 12.8 Å². The lowest BCUT2D eigenvalue weighted by molar-refractivity contribution is -0.138. The van der Waals surface area contributed by atoms with Gasteiger partial charge in [0.1, 0.15) is 0 Å². The van der Waals surface area contributed by atoms with E-state index < -0.39 is 11.5 Å². The summed E-state index contributed by atoms with van der Waals surface area (Å²) in [6, 6.07) is 1.68. The van der Waals surface area contributed by atoms with Crippen LogP contribution in [0.2, 0.25) is 0 Å². The van der Waals surface area contributed by atoms with E-state index in [4.69, 9.17) is 5.11 Å². The number of carbonyl (C=O) groups is 2. The molecule has 2 rings (SSSR count). The first-order valence-corrected chi connectivity index (χ1v) is 6.77. The van der Waals surface area contributed by atoms with Crippen LogP contribution in [-0.2, 0) is 4.79 Å². The molecule has 0 aromatic carbocycles. The van der Waals surface area contributed by atoms with Crippen LogP contribution in [0, 0.1) is 13.8 Å². The third-order valence-corrected chi connectivity index (χ3v) is 3.77. The Balaban J connectivity index is 2.20. The molecule has 6 nitrogen and oxygen atoms in total. The molecule has 0 spiro atoms. The van der Waals surface area contributed by atoms with E-state index in [0.29, 0.717) is 29.8 Å². The number of aryl methyl sites for hydroxylation is 2.